The molecule has 2 aromatic rings. The van der Waals surface area contributed by atoms with Crippen molar-refractivity contribution in [3.8, 4) is 11.6 Å². The summed E-state index contributed by atoms with van der Waals surface area (Å²) in [5, 5.41) is 0.452. The van der Waals surface area contributed by atoms with Gasteiger partial charge in [0.25, 0.3) is 0 Å². The topological polar surface area (TPSA) is 61.0 Å². The van der Waals surface area contributed by atoms with Crippen LogP contribution >= 0.6 is 11.6 Å². The Hall–Kier alpha value is -1.81. The normalized spacial score (nSPS) is 10.3. The number of nitrogen functional groups attached to an aromatic ring is 1. The Balaban J connectivity index is 2.34. The van der Waals surface area contributed by atoms with Gasteiger partial charge in [0, 0.05) is 11.9 Å². The highest BCUT2D eigenvalue weighted by Gasteiger charge is 2.08. The van der Waals surface area contributed by atoms with Gasteiger partial charge in [-0.2, -0.15) is 0 Å². The summed E-state index contributed by atoms with van der Waals surface area (Å²) in [7, 11) is 0. The van der Waals surface area contributed by atoms with E-state index in [0.717, 1.165) is 5.69 Å². The monoisotopic (exact) mass is 249 g/mol. The molecule has 0 aliphatic heterocycles. The Kier molecular flexibility index (Phi) is 3.15. The van der Waals surface area contributed by atoms with Gasteiger partial charge in [-0.25, -0.2) is 4.98 Å². The van der Waals surface area contributed by atoms with Gasteiger partial charge in [-0.05, 0) is 32.0 Å². The fraction of sp³-hybridized carbons (Fsp3) is 0.167. The summed E-state index contributed by atoms with van der Waals surface area (Å²) in [4.78, 5) is 8.42. The Morgan fingerprint density at radius 1 is 1.29 bits per heavy atom. The van der Waals surface area contributed by atoms with Crippen LogP contribution in [0.2, 0.25) is 5.02 Å². The number of nitrogens with two attached hydrogens (primary N) is 1. The van der Waals surface area contributed by atoms with Gasteiger partial charge in [0.1, 0.15) is 5.75 Å². The van der Waals surface area contributed by atoms with Gasteiger partial charge in [-0.15, -0.1) is 0 Å². The molecule has 1 aromatic heterocycles. The number of anilines is 1. The van der Waals surface area contributed by atoms with E-state index in [1.807, 2.05) is 13.8 Å². The molecule has 2 N–H and O–H groups in total. The largest absolute Gasteiger partial charge is 0.436 e. The first-order chi connectivity index (χ1) is 8.06. The number of rotatable bonds is 2. The molecule has 0 atom stereocenters. The van der Waals surface area contributed by atoms with Crippen LogP contribution in [0.15, 0.2) is 24.4 Å². The third-order valence-electron chi connectivity index (χ3n) is 2.20. The number of hydrogen-bond donors (Lipinski definition) is 1. The van der Waals surface area contributed by atoms with Crippen molar-refractivity contribution in [1.29, 1.82) is 0 Å². The Morgan fingerprint density at radius 3 is 2.76 bits per heavy atom. The predicted octanol–water partition coefficient (Wildman–Crippen LogP) is 3.12. The molecule has 0 bridgehead atoms. The molecule has 1 heterocycles. The summed E-state index contributed by atoms with van der Waals surface area (Å²) >= 11 is 6.02. The molecule has 0 saturated carbocycles. The zero-order valence-electron chi connectivity index (χ0n) is 9.57. The molecule has 0 unspecified atom stereocenters. The molecule has 88 valence electrons. The second-order valence-corrected chi connectivity index (χ2v) is 4.10. The lowest BCUT2D eigenvalue weighted by Gasteiger charge is -2.09. The van der Waals surface area contributed by atoms with Crippen LogP contribution in [0.1, 0.15) is 11.4 Å². The van der Waals surface area contributed by atoms with Crippen LogP contribution in [-0.4, -0.2) is 9.97 Å². The van der Waals surface area contributed by atoms with Crippen LogP contribution in [0, 0.1) is 13.8 Å². The van der Waals surface area contributed by atoms with Crippen LogP contribution in [0.4, 0.5) is 5.69 Å². The fourth-order valence-electron chi connectivity index (χ4n) is 1.32. The summed E-state index contributed by atoms with van der Waals surface area (Å²) < 4.78 is 5.61. The van der Waals surface area contributed by atoms with Crippen LogP contribution in [0.5, 0.6) is 11.6 Å². The highest BCUT2D eigenvalue weighted by molar-refractivity contribution is 6.32. The Labute approximate surface area is 104 Å². The predicted molar refractivity (Wildman–Crippen MR) is 67.4 cm³/mol. The molecule has 2 rings (SSSR count). The maximum absolute atomic E-state index is 6.02. The molecule has 0 aliphatic rings. The van der Waals surface area contributed by atoms with Crippen LogP contribution in [0.3, 0.4) is 0 Å². The number of halogens is 1. The maximum atomic E-state index is 6.02. The summed E-state index contributed by atoms with van der Waals surface area (Å²) in [5.41, 5.74) is 7.70. The van der Waals surface area contributed by atoms with Gasteiger partial charge >= 0.3 is 0 Å². The van der Waals surface area contributed by atoms with Crippen LogP contribution in [0.25, 0.3) is 0 Å². The summed E-state index contributed by atoms with van der Waals surface area (Å²) in [6.45, 7) is 3.68. The van der Waals surface area contributed by atoms with E-state index in [9.17, 15) is 0 Å². The summed E-state index contributed by atoms with van der Waals surface area (Å²) in [6, 6.07) is 5.07. The molecule has 0 spiro atoms. The minimum absolute atomic E-state index is 0.452. The van der Waals surface area contributed by atoms with Gasteiger partial charge in [0.15, 0.2) is 0 Å². The molecule has 0 fully saturated rings. The molecular weight excluding hydrogens is 238 g/mol. The molecule has 0 radical (unpaired) electrons. The lowest BCUT2D eigenvalue weighted by atomic mass is 10.3. The molecule has 17 heavy (non-hydrogen) atoms. The lowest BCUT2D eigenvalue weighted by Crippen LogP contribution is -1.96. The van der Waals surface area contributed by atoms with Crippen molar-refractivity contribution >= 4 is 17.3 Å². The minimum atomic E-state index is 0.452. The third-order valence-corrected chi connectivity index (χ3v) is 2.49. The van der Waals surface area contributed by atoms with Crippen molar-refractivity contribution < 1.29 is 4.74 Å². The smallest absolute Gasteiger partial charge is 0.241 e. The minimum Gasteiger partial charge on any atom is -0.436 e. The van der Waals surface area contributed by atoms with Crippen LogP contribution in [-0.2, 0) is 0 Å². The third kappa shape index (κ3) is 2.65. The number of nitrogens with zero attached hydrogens (tertiary/aromatic N) is 2. The second kappa shape index (κ2) is 4.59. The fourth-order valence-corrected chi connectivity index (χ4v) is 1.54. The molecule has 5 heteroatoms. The average molecular weight is 250 g/mol. The molecule has 0 amide bonds. The van der Waals surface area contributed by atoms with Crippen LogP contribution < -0.4 is 10.5 Å². The van der Waals surface area contributed by atoms with Gasteiger partial charge < -0.3 is 10.5 Å². The number of benzene rings is 1. The standard InChI is InChI=1S/C12H12ClN3O/c1-7-6-15-8(2)12(16-7)17-11-4-3-9(14)5-10(11)13/h3-6H,14H2,1-2H3. The van der Waals surface area contributed by atoms with Crippen molar-refractivity contribution in [3.63, 3.8) is 0 Å². The summed E-state index contributed by atoms with van der Waals surface area (Å²) in [6.07, 6.45) is 1.69. The van der Waals surface area contributed by atoms with Crippen molar-refractivity contribution in [2.45, 2.75) is 13.8 Å². The SMILES string of the molecule is Cc1cnc(C)c(Oc2ccc(N)cc2Cl)n1. The highest BCUT2D eigenvalue weighted by atomic mass is 35.5. The van der Waals surface area contributed by atoms with Crippen molar-refractivity contribution in [2.75, 3.05) is 5.73 Å². The van der Waals surface area contributed by atoms with E-state index in [0.29, 0.717) is 28.0 Å². The first-order valence-corrected chi connectivity index (χ1v) is 5.47. The van der Waals surface area contributed by atoms with Gasteiger partial charge in [-0.1, -0.05) is 11.6 Å². The summed E-state index contributed by atoms with van der Waals surface area (Å²) in [5.74, 6) is 0.973. The van der Waals surface area contributed by atoms with E-state index in [-0.39, 0.29) is 0 Å². The maximum Gasteiger partial charge on any atom is 0.241 e. The molecule has 4 nitrogen and oxygen atoms in total. The lowest BCUT2D eigenvalue weighted by molar-refractivity contribution is 0.454. The quantitative estimate of drug-likeness (QED) is 0.831. The zero-order chi connectivity index (χ0) is 12.4. The van der Waals surface area contributed by atoms with E-state index in [4.69, 9.17) is 22.1 Å². The molecule has 0 saturated heterocycles. The molecule has 1 aromatic carbocycles. The van der Waals surface area contributed by atoms with Crippen molar-refractivity contribution in [3.05, 3.63) is 40.8 Å². The molecular formula is C12H12ClN3O. The number of hydrogen-bond acceptors (Lipinski definition) is 4. The van der Waals surface area contributed by atoms with E-state index in [2.05, 4.69) is 9.97 Å². The first kappa shape index (κ1) is 11.7. The Morgan fingerprint density at radius 2 is 2.06 bits per heavy atom. The second-order valence-electron chi connectivity index (χ2n) is 3.69. The zero-order valence-corrected chi connectivity index (χ0v) is 10.3. The van der Waals surface area contributed by atoms with Gasteiger partial charge in [-0.3, -0.25) is 4.98 Å². The molecule has 0 aliphatic carbocycles. The highest BCUT2D eigenvalue weighted by Crippen LogP contribution is 2.30. The number of aryl methyl sites for hydroxylation is 2. The Bertz CT molecular complexity index is 557. The van der Waals surface area contributed by atoms with E-state index >= 15 is 0 Å². The number of aromatic nitrogens is 2. The van der Waals surface area contributed by atoms with Gasteiger partial charge in [0.2, 0.25) is 5.88 Å². The van der Waals surface area contributed by atoms with Crippen molar-refractivity contribution in [2.24, 2.45) is 0 Å². The van der Waals surface area contributed by atoms with E-state index in [1.54, 1.807) is 24.4 Å². The average Bonchev–Trinajstić information content (AvgIpc) is 2.27. The first-order valence-electron chi connectivity index (χ1n) is 5.09. The van der Waals surface area contributed by atoms with E-state index < -0.39 is 0 Å². The van der Waals surface area contributed by atoms with E-state index in [1.165, 1.54) is 0 Å². The van der Waals surface area contributed by atoms with Gasteiger partial charge in [0.05, 0.1) is 16.4 Å². The number of ether oxygens (including phenoxy) is 1. The van der Waals surface area contributed by atoms with Crippen molar-refractivity contribution in [1.82, 2.24) is 9.97 Å².